The third-order valence-electron chi connectivity index (χ3n) is 5.55. The number of alkyl halides is 3. The summed E-state index contributed by atoms with van der Waals surface area (Å²) in [5.74, 6) is -1.92. The fourth-order valence-electron chi connectivity index (χ4n) is 4.03. The molecule has 3 atom stereocenters. The van der Waals surface area contributed by atoms with E-state index < -0.39 is 12.1 Å². The van der Waals surface area contributed by atoms with Crippen LogP contribution in [0.15, 0.2) is 31.0 Å². The maximum atomic E-state index is 12.1. The molecule has 13 heteroatoms. The van der Waals surface area contributed by atoms with Gasteiger partial charge in [0.25, 0.3) is 5.91 Å². The molecular weight excluding hydrogens is 445 g/mol. The number of carboxylic acids is 1. The highest BCUT2D eigenvalue weighted by atomic mass is 19.4. The van der Waals surface area contributed by atoms with Gasteiger partial charge in [-0.3, -0.25) is 19.4 Å². The average molecular weight is 470 g/mol. The number of carbonyl (C=O) groups is 2. The molecule has 2 aromatic rings. The van der Waals surface area contributed by atoms with Crippen LogP contribution in [-0.4, -0.2) is 80.2 Å². The highest BCUT2D eigenvalue weighted by Gasteiger charge is 2.41. The number of ether oxygens (including phenoxy) is 1. The zero-order chi connectivity index (χ0) is 24.0. The molecule has 2 aromatic heterocycles. The Kier molecular flexibility index (Phi) is 7.97. The van der Waals surface area contributed by atoms with Gasteiger partial charge >= 0.3 is 12.1 Å². The second-order valence-electron chi connectivity index (χ2n) is 7.95. The molecule has 180 valence electrons. The Morgan fingerprint density at radius 2 is 2.06 bits per heavy atom. The van der Waals surface area contributed by atoms with E-state index in [1.807, 2.05) is 17.9 Å². The van der Waals surface area contributed by atoms with Gasteiger partial charge in [-0.05, 0) is 18.9 Å². The molecule has 2 saturated heterocycles. The third-order valence-corrected chi connectivity index (χ3v) is 5.55. The van der Waals surface area contributed by atoms with Gasteiger partial charge in [-0.2, -0.15) is 18.3 Å². The Hall–Kier alpha value is -3.06. The van der Waals surface area contributed by atoms with Crippen LogP contribution in [0.1, 0.15) is 22.5 Å². The number of amides is 1. The number of hydrogen-bond acceptors (Lipinski definition) is 7. The van der Waals surface area contributed by atoms with Gasteiger partial charge in [-0.25, -0.2) is 9.78 Å². The van der Waals surface area contributed by atoms with Crippen LogP contribution in [0.4, 0.5) is 13.2 Å². The van der Waals surface area contributed by atoms with Crippen molar-refractivity contribution in [3.63, 3.8) is 0 Å². The van der Waals surface area contributed by atoms with Crippen LogP contribution in [0, 0.1) is 11.8 Å². The van der Waals surface area contributed by atoms with Crippen molar-refractivity contribution in [1.29, 1.82) is 0 Å². The molecule has 10 nitrogen and oxygen atoms in total. The van der Waals surface area contributed by atoms with Crippen LogP contribution in [0.3, 0.4) is 0 Å². The monoisotopic (exact) mass is 470 g/mol. The first-order chi connectivity index (χ1) is 15.6. The smallest absolute Gasteiger partial charge is 0.475 e. The summed E-state index contributed by atoms with van der Waals surface area (Å²) in [6.07, 6.45) is 4.65. The summed E-state index contributed by atoms with van der Waals surface area (Å²) in [5, 5.41) is 14.3. The number of piperidine rings is 1. The van der Waals surface area contributed by atoms with Crippen molar-refractivity contribution in [1.82, 2.24) is 30.0 Å². The van der Waals surface area contributed by atoms with Gasteiger partial charge in [0.15, 0.2) is 0 Å². The largest absolute Gasteiger partial charge is 0.490 e. The number of carboxylic acid groups (broad SMARTS) is 1. The average Bonchev–Trinajstić information content (AvgIpc) is 3.37. The zero-order valence-corrected chi connectivity index (χ0v) is 17.9. The van der Waals surface area contributed by atoms with Crippen molar-refractivity contribution in [3.05, 3.63) is 42.2 Å². The molecule has 2 aliphatic rings. The van der Waals surface area contributed by atoms with Gasteiger partial charge in [0, 0.05) is 56.8 Å². The molecule has 2 fully saturated rings. The van der Waals surface area contributed by atoms with Crippen molar-refractivity contribution in [2.75, 3.05) is 26.2 Å². The minimum Gasteiger partial charge on any atom is -0.475 e. The van der Waals surface area contributed by atoms with Crippen LogP contribution in [0.5, 0.6) is 0 Å². The van der Waals surface area contributed by atoms with Crippen LogP contribution >= 0.6 is 0 Å². The maximum absolute atomic E-state index is 12.1. The Morgan fingerprint density at radius 1 is 1.30 bits per heavy atom. The summed E-state index contributed by atoms with van der Waals surface area (Å²) >= 11 is 0. The molecule has 1 amide bonds. The number of aryl methyl sites for hydroxylation is 1. The number of likely N-dealkylation sites (tertiary alicyclic amines) is 1. The molecule has 0 aromatic carbocycles. The summed E-state index contributed by atoms with van der Waals surface area (Å²) in [6, 6.07) is 0. The van der Waals surface area contributed by atoms with Gasteiger partial charge in [0.05, 0.1) is 25.1 Å². The molecule has 0 unspecified atom stereocenters. The lowest BCUT2D eigenvalue weighted by Gasteiger charge is -2.35. The number of rotatable bonds is 5. The van der Waals surface area contributed by atoms with Crippen molar-refractivity contribution in [2.45, 2.75) is 25.2 Å². The molecule has 4 heterocycles. The summed E-state index contributed by atoms with van der Waals surface area (Å²) in [5.41, 5.74) is 1.59. The fourth-order valence-corrected chi connectivity index (χ4v) is 4.03. The molecule has 0 spiro atoms. The van der Waals surface area contributed by atoms with E-state index in [1.165, 1.54) is 18.0 Å². The topological polar surface area (TPSA) is 122 Å². The van der Waals surface area contributed by atoms with Crippen molar-refractivity contribution in [2.24, 2.45) is 18.9 Å². The molecule has 0 aliphatic carbocycles. The Bertz CT molecular complexity index is 939. The number of aromatic nitrogens is 4. The number of nitrogens with zero attached hydrogens (tertiary/aromatic N) is 5. The van der Waals surface area contributed by atoms with Crippen LogP contribution in [-0.2, 0) is 23.1 Å². The first kappa shape index (κ1) is 24.6. The van der Waals surface area contributed by atoms with Crippen LogP contribution in [0.2, 0.25) is 0 Å². The highest BCUT2D eigenvalue weighted by Crippen LogP contribution is 2.34. The van der Waals surface area contributed by atoms with Crippen molar-refractivity contribution < 1.29 is 32.6 Å². The second-order valence-corrected chi connectivity index (χ2v) is 7.95. The lowest BCUT2D eigenvalue weighted by Crippen LogP contribution is -2.43. The molecule has 0 saturated carbocycles. The summed E-state index contributed by atoms with van der Waals surface area (Å²) in [6.45, 7) is 4.31. The standard InChI is InChI=1S/C18H24N6O2.C2HF3O2/c1-23-9-13(6-22-23)10-24-5-2-15-14(11-24)12-26-17(15)8-21-18(25)16-7-19-3-4-20-16;3-2(4,5)1(6)7/h3-4,6-7,9,14-15,17H,2,5,8,10-12H2,1H3,(H,21,25);(H,6,7)/t14-,15-,17+;/m0./s1. The van der Waals surface area contributed by atoms with Gasteiger partial charge < -0.3 is 15.2 Å². The minimum absolute atomic E-state index is 0.0844. The normalized spacial score (nSPS) is 22.7. The van der Waals surface area contributed by atoms with E-state index in [-0.39, 0.29) is 12.0 Å². The van der Waals surface area contributed by atoms with Gasteiger partial charge in [0.1, 0.15) is 5.69 Å². The molecule has 33 heavy (non-hydrogen) atoms. The molecule has 4 rings (SSSR count). The van der Waals surface area contributed by atoms with E-state index in [9.17, 15) is 18.0 Å². The van der Waals surface area contributed by atoms with E-state index in [4.69, 9.17) is 14.6 Å². The fraction of sp³-hybridized carbons (Fsp3) is 0.550. The zero-order valence-electron chi connectivity index (χ0n) is 17.9. The first-order valence-corrected chi connectivity index (χ1v) is 10.3. The summed E-state index contributed by atoms with van der Waals surface area (Å²) in [7, 11) is 1.94. The van der Waals surface area contributed by atoms with Crippen molar-refractivity contribution in [3.8, 4) is 0 Å². The second kappa shape index (κ2) is 10.7. The van der Waals surface area contributed by atoms with Gasteiger partial charge in [-0.1, -0.05) is 0 Å². The molecule has 0 radical (unpaired) electrons. The number of fused-ring (bicyclic) bond motifs is 1. The predicted molar refractivity (Wildman–Crippen MR) is 108 cm³/mol. The summed E-state index contributed by atoms with van der Waals surface area (Å²) < 4.78 is 39.6. The van der Waals surface area contributed by atoms with Gasteiger partial charge in [-0.15, -0.1) is 0 Å². The minimum atomic E-state index is -5.08. The Morgan fingerprint density at radius 3 is 2.67 bits per heavy atom. The molecule has 2 aliphatic heterocycles. The number of nitrogens with one attached hydrogen (secondary N) is 1. The lowest BCUT2D eigenvalue weighted by atomic mass is 9.84. The number of carbonyl (C=O) groups excluding carboxylic acids is 1. The van der Waals surface area contributed by atoms with Gasteiger partial charge in [0.2, 0.25) is 0 Å². The number of hydrogen-bond donors (Lipinski definition) is 2. The quantitative estimate of drug-likeness (QED) is 0.667. The lowest BCUT2D eigenvalue weighted by molar-refractivity contribution is -0.192. The third kappa shape index (κ3) is 6.96. The molecular formula is C20H25F3N6O4. The van der Waals surface area contributed by atoms with Crippen LogP contribution < -0.4 is 5.32 Å². The van der Waals surface area contributed by atoms with E-state index in [1.54, 1.807) is 6.20 Å². The Balaban J connectivity index is 0.000000383. The highest BCUT2D eigenvalue weighted by molar-refractivity contribution is 5.91. The molecule has 0 bridgehead atoms. The molecule has 2 N–H and O–H groups in total. The van der Waals surface area contributed by atoms with Crippen LogP contribution in [0.25, 0.3) is 0 Å². The predicted octanol–water partition coefficient (Wildman–Crippen LogP) is 1.11. The first-order valence-electron chi connectivity index (χ1n) is 10.3. The van der Waals surface area contributed by atoms with E-state index in [2.05, 4.69) is 31.5 Å². The number of aliphatic carboxylic acids is 1. The van der Waals surface area contributed by atoms with E-state index in [0.29, 0.717) is 24.1 Å². The SMILES string of the molecule is Cn1cc(CN2CC[C@H]3[C@H](CO[C@@H]3CNC(=O)c3cnccn3)C2)cn1.O=C(O)C(F)(F)F. The number of halogens is 3. The maximum Gasteiger partial charge on any atom is 0.490 e. The Labute approximate surface area is 187 Å². The van der Waals surface area contributed by atoms with E-state index in [0.717, 1.165) is 32.7 Å². The summed E-state index contributed by atoms with van der Waals surface area (Å²) in [4.78, 5) is 31.5. The van der Waals surface area contributed by atoms with E-state index >= 15 is 0 Å². The van der Waals surface area contributed by atoms with Crippen molar-refractivity contribution >= 4 is 11.9 Å².